The minimum absolute atomic E-state index is 0.0400. The summed E-state index contributed by atoms with van der Waals surface area (Å²) in [6.07, 6.45) is 0.984. The second-order valence-corrected chi connectivity index (χ2v) is 8.32. The molecule has 0 aliphatic carbocycles. The van der Waals surface area contributed by atoms with Crippen molar-refractivity contribution in [2.75, 3.05) is 20.8 Å². The molecule has 0 radical (unpaired) electrons. The molecule has 0 aliphatic heterocycles. The lowest BCUT2D eigenvalue weighted by atomic mass is 10.1. The summed E-state index contributed by atoms with van der Waals surface area (Å²) in [5, 5.41) is 12.0. The van der Waals surface area contributed by atoms with E-state index in [9.17, 15) is 4.79 Å². The summed E-state index contributed by atoms with van der Waals surface area (Å²) in [6, 6.07) is 7.71. The van der Waals surface area contributed by atoms with E-state index in [1.807, 2.05) is 34.2 Å². The number of H-pyrrole nitrogens is 1. The van der Waals surface area contributed by atoms with Gasteiger partial charge in [0.2, 0.25) is 5.91 Å². The second kappa shape index (κ2) is 10.0. The minimum atomic E-state index is -0.0400. The number of carbonyl (C=O) groups is 1. The van der Waals surface area contributed by atoms with E-state index in [-0.39, 0.29) is 5.91 Å². The third kappa shape index (κ3) is 5.26. The van der Waals surface area contributed by atoms with Gasteiger partial charge >= 0.3 is 0 Å². The van der Waals surface area contributed by atoms with Crippen LogP contribution in [0, 0.1) is 4.77 Å². The number of hydrogen-bond donors (Lipinski definition) is 2. The van der Waals surface area contributed by atoms with Gasteiger partial charge in [0.15, 0.2) is 22.1 Å². The molecular weight excluding hydrogens is 476 g/mol. The van der Waals surface area contributed by atoms with Gasteiger partial charge in [-0.05, 0) is 47.8 Å². The van der Waals surface area contributed by atoms with Crippen molar-refractivity contribution in [2.24, 2.45) is 0 Å². The lowest BCUT2D eigenvalue weighted by Crippen LogP contribution is -2.26. The third-order valence-electron chi connectivity index (χ3n) is 4.33. The van der Waals surface area contributed by atoms with Crippen LogP contribution in [0.1, 0.15) is 12.0 Å². The zero-order valence-electron chi connectivity index (χ0n) is 16.0. The molecule has 0 saturated carbocycles. The maximum absolute atomic E-state index is 12.3. The molecule has 154 valence electrons. The van der Waals surface area contributed by atoms with Gasteiger partial charge < -0.3 is 14.8 Å². The Balaban J connectivity index is 1.54. The van der Waals surface area contributed by atoms with E-state index in [2.05, 4.69) is 31.4 Å². The number of rotatable bonds is 9. The molecular formula is C19H21BrN4O3S2. The number of thiophene rings is 1. The van der Waals surface area contributed by atoms with Crippen LogP contribution < -0.4 is 14.8 Å². The van der Waals surface area contributed by atoms with Crippen molar-refractivity contribution >= 4 is 45.4 Å². The SMILES string of the molecule is COc1cc(Br)c(CCNC(=O)CCn2c(-c3cccs3)n[nH]c2=S)cc1OC. The quantitative estimate of drug-likeness (QED) is 0.434. The van der Waals surface area contributed by atoms with Crippen molar-refractivity contribution in [3.8, 4) is 22.2 Å². The number of aromatic nitrogens is 3. The van der Waals surface area contributed by atoms with E-state index in [0.717, 1.165) is 20.7 Å². The molecule has 2 heterocycles. The van der Waals surface area contributed by atoms with Gasteiger partial charge in [0.05, 0.1) is 19.1 Å². The monoisotopic (exact) mass is 496 g/mol. The first-order valence-electron chi connectivity index (χ1n) is 8.89. The largest absolute Gasteiger partial charge is 0.493 e. The van der Waals surface area contributed by atoms with E-state index in [4.69, 9.17) is 21.7 Å². The van der Waals surface area contributed by atoms with Gasteiger partial charge in [0.1, 0.15) is 0 Å². The zero-order valence-corrected chi connectivity index (χ0v) is 19.2. The fraction of sp³-hybridized carbons (Fsp3) is 0.316. The van der Waals surface area contributed by atoms with Crippen LogP contribution in [-0.2, 0) is 17.8 Å². The van der Waals surface area contributed by atoms with Crippen LogP contribution in [0.3, 0.4) is 0 Å². The summed E-state index contributed by atoms with van der Waals surface area (Å²) in [7, 11) is 3.20. The maximum atomic E-state index is 12.3. The Morgan fingerprint density at radius 1 is 1.34 bits per heavy atom. The van der Waals surface area contributed by atoms with Gasteiger partial charge in [-0.1, -0.05) is 22.0 Å². The highest BCUT2D eigenvalue weighted by Gasteiger charge is 2.12. The standard InChI is InChI=1S/C19H21BrN4O3S2/c1-26-14-10-12(13(20)11-15(14)27-2)5-7-21-17(25)6-8-24-18(22-23-19(24)28)16-4-3-9-29-16/h3-4,9-11H,5-8H2,1-2H3,(H,21,25)(H,23,28). The van der Waals surface area contributed by atoms with Gasteiger partial charge in [0.25, 0.3) is 0 Å². The number of benzene rings is 1. The topological polar surface area (TPSA) is 81.2 Å². The first kappa shape index (κ1) is 21.5. The predicted octanol–water partition coefficient (Wildman–Crippen LogP) is 4.20. The lowest BCUT2D eigenvalue weighted by molar-refractivity contribution is -0.121. The number of halogens is 1. The number of amides is 1. The van der Waals surface area contributed by atoms with Crippen LogP contribution >= 0.6 is 39.5 Å². The highest BCUT2D eigenvalue weighted by molar-refractivity contribution is 9.10. The zero-order chi connectivity index (χ0) is 20.8. The molecule has 3 rings (SSSR count). The number of ether oxygens (including phenoxy) is 2. The summed E-state index contributed by atoms with van der Waals surface area (Å²) in [6.45, 7) is 0.982. The molecule has 7 nitrogen and oxygen atoms in total. The summed E-state index contributed by atoms with van der Waals surface area (Å²) in [5.74, 6) is 2.03. The molecule has 10 heteroatoms. The Bertz CT molecular complexity index is 1030. The Hall–Kier alpha value is -2.17. The molecule has 1 amide bonds. The van der Waals surface area contributed by atoms with Gasteiger partial charge in [0, 0.05) is 24.0 Å². The smallest absolute Gasteiger partial charge is 0.221 e. The van der Waals surface area contributed by atoms with Crippen LogP contribution in [0.15, 0.2) is 34.1 Å². The van der Waals surface area contributed by atoms with Crippen molar-refractivity contribution in [3.63, 3.8) is 0 Å². The fourth-order valence-electron chi connectivity index (χ4n) is 2.85. The molecule has 0 aliphatic rings. The van der Waals surface area contributed by atoms with Gasteiger partial charge in [-0.25, -0.2) is 0 Å². The summed E-state index contributed by atoms with van der Waals surface area (Å²) < 4.78 is 13.9. The predicted molar refractivity (Wildman–Crippen MR) is 119 cm³/mol. The molecule has 3 aromatic rings. The molecule has 0 unspecified atom stereocenters. The van der Waals surface area contributed by atoms with E-state index in [1.165, 1.54) is 0 Å². The maximum Gasteiger partial charge on any atom is 0.221 e. The third-order valence-corrected chi connectivity index (χ3v) is 6.25. The number of hydrogen-bond acceptors (Lipinski definition) is 6. The fourth-order valence-corrected chi connectivity index (χ4v) is 4.31. The highest BCUT2D eigenvalue weighted by atomic mass is 79.9. The summed E-state index contributed by atoms with van der Waals surface area (Å²) in [4.78, 5) is 13.3. The summed E-state index contributed by atoms with van der Waals surface area (Å²) >= 11 is 10.4. The second-order valence-electron chi connectivity index (χ2n) is 6.13. The molecule has 0 spiro atoms. The van der Waals surface area contributed by atoms with Gasteiger partial charge in [-0.2, -0.15) is 5.10 Å². The van der Waals surface area contributed by atoms with Crippen LogP contribution in [0.4, 0.5) is 0 Å². The van der Waals surface area contributed by atoms with Crippen LogP contribution in [0.25, 0.3) is 10.7 Å². The molecule has 0 saturated heterocycles. The molecule has 0 fully saturated rings. The highest BCUT2D eigenvalue weighted by Crippen LogP contribution is 2.33. The van der Waals surface area contributed by atoms with E-state index < -0.39 is 0 Å². The van der Waals surface area contributed by atoms with E-state index in [0.29, 0.717) is 42.2 Å². The first-order valence-corrected chi connectivity index (χ1v) is 11.0. The van der Waals surface area contributed by atoms with Crippen molar-refractivity contribution in [2.45, 2.75) is 19.4 Å². The van der Waals surface area contributed by atoms with Crippen molar-refractivity contribution in [1.29, 1.82) is 0 Å². The Morgan fingerprint density at radius 2 is 2.10 bits per heavy atom. The molecule has 0 atom stereocenters. The van der Waals surface area contributed by atoms with Gasteiger partial charge in [-0.15, -0.1) is 11.3 Å². The number of methoxy groups -OCH3 is 2. The van der Waals surface area contributed by atoms with Crippen molar-refractivity contribution in [1.82, 2.24) is 20.1 Å². The van der Waals surface area contributed by atoms with Crippen LogP contribution in [-0.4, -0.2) is 41.4 Å². The van der Waals surface area contributed by atoms with Gasteiger partial charge in [-0.3, -0.25) is 14.5 Å². The first-order chi connectivity index (χ1) is 14.0. The lowest BCUT2D eigenvalue weighted by Gasteiger charge is -2.12. The van der Waals surface area contributed by atoms with Crippen LogP contribution in [0.5, 0.6) is 11.5 Å². The number of nitrogens with one attached hydrogen (secondary N) is 2. The molecule has 0 bridgehead atoms. The number of aromatic amines is 1. The number of carbonyl (C=O) groups excluding carboxylic acids is 1. The van der Waals surface area contributed by atoms with E-state index in [1.54, 1.807) is 25.6 Å². The normalized spacial score (nSPS) is 10.7. The summed E-state index contributed by atoms with van der Waals surface area (Å²) in [5.41, 5.74) is 1.03. The van der Waals surface area contributed by atoms with Crippen molar-refractivity contribution in [3.05, 3.63) is 44.5 Å². The Morgan fingerprint density at radius 3 is 2.79 bits per heavy atom. The number of nitrogens with zero attached hydrogens (tertiary/aromatic N) is 2. The Kier molecular flexibility index (Phi) is 7.45. The molecule has 2 N–H and O–H groups in total. The van der Waals surface area contributed by atoms with E-state index >= 15 is 0 Å². The minimum Gasteiger partial charge on any atom is -0.493 e. The Labute approximate surface area is 186 Å². The van der Waals surface area contributed by atoms with Crippen LogP contribution in [0.2, 0.25) is 0 Å². The average molecular weight is 497 g/mol. The molecule has 2 aromatic heterocycles. The molecule has 29 heavy (non-hydrogen) atoms. The van der Waals surface area contributed by atoms with Crippen molar-refractivity contribution < 1.29 is 14.3 Å². The molecule has 1 aromatic carbocycles. The average Bonchev–Trinajstić information content (AvgIpc) is 3.37.